The van der Waals surface area contributed by atoms with Crippen molar-refractivity contribution in [1.29, 1.82) is 0 Å². The number of piperazine rings is 2. The van der Waals surface area contributed by atoms with Gasteiger partial charge in [0.1, 0.15) is 0 Å². The normalized spacial score (nSPS) is 17.7. The molecule has 1 N–H and O–H groups in total. The van der Waals surface area contributed by atoms with Gasteiger partial charge in [-0.1, -0.05) is 37.3 Å². The Morgan fingerprint density at radius 3 is 2.26 bits per heavy atom. The molecule has 0 spiro atoms. The van der Waals surface area contributed by atoms with E-state index < -0.39 is 0 Å². The number of rotatable bonds is 6. The van der Waals surface area contributed by atoms with Crippen LogP contribution in [0.3, 0.4) is 0 Å². The van der Waals surface area contributed by atoms with Crippen molar-refractivity contribution < 1.29 is 0 Å². The highest BCUT2D eigenvalue weighted by atomic mass is 16.1. The Bertz CT molecular complexity index is 1180. The average molecular weight is 475 g/mol. The smallest absolute Gasteiger partial charge is 0.252 e. The molecule has 1 aromatic carbocycles. The van der Waals surface area contributed by atoms with E-state index in [9.17, 15) is 4.79 Å². The van der Waals surface area contributed by atoms with E-state index in [-0.39, 0.29) is 5.56 Å². The standard InChI is InChI=1S/C26H34N8O/c1-3-31-9-13-33(14-10-31)25-27-18-22(20(2)28-25)23-17-24(35)30-26(29-23)34-15-11-32(12-16-34)19-21-7-5-4-6-8-21/h4-8,17-18H,3,9-16,19H2,1-2H3,(H,29,30,35). The van der Waals surface area contributed by atoms with Crippen LogP contribution >= 0.6 is 0 Å². The largest absolute Gasteiger partial charge is 0.340 e. The van der Waals surface area contributed by atoms with Gasteiger partial charge in [0.25, 0.3) is 5.56 Å². The molecule has 2 fully saturated rings. The summed E-state index contributed by atoms with van der Waals surface area (Å²) in [6.07, 6.45) is 1.81. The number of aromatic nitrogens is 4. The third-order valence-electron chi connectivity index (χ3n) is 6.99. The van der Waals surface area contributed by atoms with Crippen LogP contribution < -0.4 is 15.4 Å². The molecule has 2 aliphatic heterocycles. The van der Waals surface area contributed by atoms with Gasteiger partial charge in [-0.3, -0.25) is 14.7 Å². The van der Waals surface area contributed by atoms with E-state index in [2.05, 4.69) is 60.8 Å². The molecule has 2 aliphatic rings. The molecule has 2 saturated heterocycles. The van der Waals surface area contributed by atoms with Crippen LogP contribution in [-0.4, -0.2) is 88.6 Å². The van der Waals surface area contributed by atoms with Crippen LogP contribution in [0.1, 0.15) is 18.2 Å². The van der Waals surface area contributed by atoms with E-state index in [4.69, 9.17) is 9.97 Å². The maximum Gasteiger partial charge on any atom is 0.252 e. The number of hydrogen-bond acceptors (Lipinski definition) is 8. The van der Waals surface area contributed by atoms with Crippen molar-refractivity contribution in [3.8, 4) is 11.3 Å². The molecule has 0 unspecified atom stereocenters. The molecule has 2 aromatic heterocycles. The average Bonchev–Trinajstić information content (AvgIpc) is 2.89. The van der Waals surface area contributed by atoms with Crippen molar-refractivity contribution in [3.05, 3.63) is 64.2 Å². The molecule has 0 bridgehead atoms. The molecule has 4 heterocycles. The van der Waals surface area contributed by atoms with Gasteiger partial charge in [0, 0.05) is 76.7 Å². The molecular weight excluding hydrogens is 440 g/mol. The van der Waals surface area contributed by atoms with Crippen LogP contribution in [0.5, 0.6) is 0 Å². The van der Waals surface area contributed by atoms with Crippen LogP contribution in [0.15, 0.2) is 47.4 Å². The van der Waals surface area contributed by atoms with Gasteiger partial charge in [0.2, 0.25) is 11.9 Å². The number of likely N-dealkylation sites (N-methyl/N-ethyl adjacent to an activating group) is 1. The van der Waals surface area contributed by atoms with Gasteiger partial charge in [-0.2, -0.15) is 0 Å². The minimum absolute atomic E-state index is 0.157. The number of nitrogens with one attached hydrogen (secondary N) is 1. The number of H-pyrrole nitrogens is 1. The van der Waals surface area contributed by atoms with Crippen LogP contribution in [0, 0.1) is 6.92 Å². The second-order valence-electron chi connectivity index (χ2n) is 9.29. The molecule has 184 valence electrons. The molecule has 0 radical (unpaired) electrons. The van der Waals surface area contributed by atoms with E-state index in [0.29, 0.717) is 11.6 Å². The lowest BCUT2D eigenvalue weighted by Crippen LogP contribution is -2.47. The molecule has 9 heteroatoms. The molecule has 0 aliphatic carbocycles. The quantitative estimate of drug-likeness (QED) is 0.581. The summed E-state index contributed by atoms with van der Waals surface area (Å²) in [6.45, 7) is 13.6. The Hall–Kier alpha value is -3.30. The first-order valence-electron chi connectivity index (χ1n) is 12.5. The summed E-state index contributed by atoms with van der Waals surface area (Å²) in [4.78, 5) is 38.9. The minimum Gasteiger partial charge on any atom is -0.340 e. The Balaban J connectivity index is 1.28. The van der Waals surface area contributed by atoms with Crippen molar-refractivity contribution >= 4 is 11.9 Å². The highest BCUT2D eigenvalue weighted by Crippen LogP contribution is 2.23. The molecule has 5 rings (SSSR count). The predicted octanol–water partition coefficient (Wildman–Crippen LogP) is 2.00. The van der Waals surface area contributed by atoms with Gasteiger partial charge >= 0.3 is 0 Å². The highest BCUT2D eigenvalue weighted by Gasteiger charge is 2.21. The zero-order valence-electron chi connectivity index (χ0n) is 20.7. The predicted molar refractivity (Wildman–Crippen MR) is 139 cm³/mol. The summed E-state index contributed by atoms with van der Waals surface area (Å²) in [7, 11) is 0. The Morgan fingerprint density at radius 2 is 1.57 bits per heavy atom. The Morgan fingerprint density at radius 1 is 0.886 bits per heavy atom. The summed E-state index contributed by atoms with van der Waals surface area (Å²) in [6, 6.07) is 12.1. The van der Waals surface area contributed by atoms with Gasteiger partial charge in [-0.15, -0.1) is 0 Å². The number of aromatic amines is 1. The van der Waals surface area contributed by atoms with Gasteiger partial charge in [-0.05, 0) is 19.0 Å². The molecule has 0 atom stereocenters. The van der Waals surface area contributed by atoms with Crippen LogP contribution in [-0.2, 0) is 6.54 Å². The fourth-order valence-electron chi connectivity index (χ4n) is 4.81. The lowest BCUT2D eigenvalue weighted by atomic mass is 10.1. The fourth-order valence-corrected chi connectivity index (χ4v) is 4.81. The zero-order chi connectivity index (χ0) is 24.2. The number of nitrogens with zero attached hydrogens (tertiary/aromatic N) is 7. The van der Waals surface area contributed by atoms with E-state index in [1.807, 2.05) is 19.2 Å². The maximum atomic E-state index is 12.5. The van der Waals surface area contributed by atoms with E-state index in [1.54, 1.807) is 6.07 Å². The monoisotopic (exact) mass is 474 g/mol. The third kappa shape index (κ3) is 5.52. The molecular formula is C26H34N8O. The second-order valence-corrected chi connectivity index (χ2v) is 9.29. The number of anilines is 2. The number of aryl methyl sites for hydroxylation is 1. The first-order valence-corrected chi connectivity index (χ1v) is 12.5. The summed E-state index contributed by atoms with van der Waals surface area (Å²) in [5, 5.41) is 0. The van der Waals surface area contributed by atoms with E-state index >= 15 is 0 Å². The minimum atomic E-state index is -0.157. The number of benzene rings is 1. The van der Waals surface area contributed by atoms with Gasteiger partial charge in [0.05, 0.1) is 11.4 Å². The fraction of sp³-hybridized carbons (Fsp3) is 0.462. The van der Waals surface area contributed by atoms with Crippen molar-refractivity contribution in [2.24, 2.45) is 0 Å². The first-order chi connectivity index (χ1) is 17.1. The van der Waals surface area contributed by atoms with Crippen LogP contribution in [0.4, 0.5) is 11.9 Å². The van der Waals surface area contributed by atoms with Crippen molar-refractivity contribution in [1.82, 2.24) is 29.7 Å². The Kier molecular flexibility index (Phi) is 7.06. The summed E-state index contributed by atoms with van der Waals surface area (Å²) < 4.78 is 0. The van der Waals surface area contributed by atoms with Crippen LogP contribution in [0.25, 0.3) is 11.3 Å². The van der Waals surface area contributed by atoms with Crippen molar-refractivity contribution in [2.75, 3.05) is 68.7 Å². The summed E-state index contributed by atoms with van der Waals surface area (Å²) in [5.41, 5.74) is 3.42. The maximum absolute atomic E-state index is 12.5. The second kappa shape index (κ2) is 10.5. The summed E-state index contributed by atoms with van der Waals surface area (Å²) >= 11 is 0. The lowest BCUT2D eigenvalue weighted by Gasteiger charge is -2.35. The topological polar surface area (TPSA) is 84.5 Å². The third-order valence-corrected chi connectivity index (χ3v) is 6.99. The molecule has 0 amide bonds. The van der Waals surface area contributed by atoms with Gasteiger partial charge in [-0.25, -0.2) is 15.0 Å². The lowest BCUT2D eigenvalue weighted by molar-refractivity contribution is 0.248. The SMILES string of the molecule is CCN1CCN(c2ncc(-c3cc(=O)[nH]c(N4CCN(Cc5ccccc5)CC4)n3)c(C)n2)CC1. The van der Waals surface area contributed by atoms with E-state index in [0.717, 1.165) is 82.7 Å². The van der Waals surface area contributed by atoms with Crippen LogP contribution in [0.2, 0.25) is 0 Å². The molecule has 9 nitrogen and oxygen atoms in total. The van der Waals surface area contributed by atoms with Gasteiger partial charge in [0.15, 0.2) is 0 Å². The highest BCUT2D eigenvalue weighted by molar-refractivity contribution is 5.62. The summed E-state index contributed by atoms with van der Waals surface area (Å²) in [5.74, 6) is 1.37. The van der Waals surface area contributed by atoms with Crippen molar-refractivity contribution in [2.45, 2.75) is 20.4 Å². The zero-order valence-corrected chi connectivity index (χ0v) is 20.7. The van der Waals surface area contributed by atoms with Crippen molar-refractivity contribution in [3.63, 3.8) is 0 Å². The molecule has 35 heavy (non-hydrogen) atoms. The molecule has 0 saturated carbocycles. The van der Waals surface area contributed by atoms with E-state index in [1.165, 1.54) is 5.56 Å². The van der Waals surface area contributed by atoms with Gasteiger partial charge < -0.3 is 14.7 Å². The first kappa shape index (κ1) is 23.4. The molecule has 3 aromatic rings. The Labute approximate surface area is 206 Å². The number of hydrogen-bond donors (Lipinski definition) is 1.